The first-order chi connectivity index (χ1) is 14.5. The smallest absolute Gasteiger partial charge is 0.211 e. The number of nitrogens with zero attached hydrogens (tertiary/aromatic N) is 4. The minimum atomic E-state index is -0.615. The van der Waals surface area contributed by atoms with E-state index in [1.807, 2.05) is 48.7 Å². The number of pyridine rings is 1. The summed E-state index contributed by atoms with van der Waals surface area (Å²) in [6.07, 6.45) is 1.82. The summed E-state index contributed by atoms with van der Waals surface area (Å²) in [5, 5.41) is 33.8. The number of aromatic hydroxyl groups is 1. The van der Waals surface area contributed by atoms with Gasteiger partial charge in [-0.2, -0.15) is 10.5 Å². The summed E-state index contributed by atoms with van der Waals surface area (Å²) in [6.45, 7) is 0. The molecule has 1 aliphatic heterocycles. The maximum atomic E-state index is 10.1. The topological polar surface area (TPSA) is 169 Å². The first-order valence-corrected chi connectivity index (χ1v) is 8.90. The van der Waals surface area contributed by atoms with Crippen molar-refractivity contribution in [2.45, 2.75) is 6.04 Å². The summed E-state index contributed by atoms with van der Waals surface area (Å²) in [5.41, 5.74) is 15.1. The van der Waals surface area contributed by atoms with Gasteiger partial charge in [0, 0.05) is 11.1 Å². The molecule has 0 bridgehead atoms. The van der Waals surface area contributed by atoms with Crippen LogP contribution in [0.15, 0.2) is 53.5 Å². The molecule has 0 saturated heterocycles. The molecular formula is C21H16N8O. The molecule has 9 heteroatoms. The van der Waals surface area contributed by atoms with E-state index in [0.29, 0.717) is 16.9 Å². The van der Waals surface area contributed by atoms with Crippen molar-refractivity contribution in [3.8, 4) is 29.1 Å². The summed E-state index contributed by atoms with van der Waals surface area (Å²) < 4.78 is 0. The number of nitrogens with one attached hydrogen (secondary N) is 2. The molecule has 9 nitrogen and oxygen atoms in total. The lowest BCUT2D eigenvalue weighted by molar-refractivity contribution is 0.477. The number of hydrogen-bond acceptors (Lipinski definition) is 9. The van der Waals surface area contributed by atoms with Crippen molar-refractivity contribution < 1.29 is 5.11 Å². The van der Waals surface area contributed by atoms with E-state index in [-0.39, 0.29) is 28.8 Å². The number of nitrogen functional groups attached to an aromatic ring is 2. The number of rotatable bonds is 2. The van der Waals surface area contributed by atoms with E-state index in [9.17, 15) is 10.4 Å². The van der Waals surface area contributed by atoms with E-state index in [0.717, 1.165) is 11.1 Å². The third-order valence-electron chi connectivity index (χ3n) is 4.80. The zero-order chi connectivity index (χ0) is 21.3. The van der Waals surface area contributed by atoms with Gasteiger partial charge in [-0.15, -0.1) is 0 Å². The number of fused-ring (bicyclic) bond motifs is 1. The van der Waals surface area contributed by atoms with Crippen LogP contribution in [0.25, 0.3) is 11.1 Å². The van der Waals surface area contributed by atoms with Crippen LogP contribution in [0.2, 0.25) is 0 Å². The minimum absolute atomic E-state index is 0.00638. The molecule has 0 fully saturated rings. The molecule has 1 atom stereocenters. The van der Waals surface area contributed by atoms with Crippen LogP contribution in [-0.2, 0) is 0 Å². The van der Waals surface area contributed by atoms with Crippen LogP contribution < -0.4 is 22.1 Å². The van der Waals surface area contributed by atoms with Crippen LogP contribution in [0.4, 0.5) is 17.3 Å². The van der Waals surface area contributed by atoms with Gasteiger partial charge in [-0.25, -0.2) is 9.98 Å². The van der Waals surface area contributed by atoms with Gasteiger partial charge in [0.25, 0.3) is 0 Å². The second-order valence-electron chi connectivity index (χ2n) is 6.54. The molecule has 0 aliphatic carbocycles. The number of aromatic nitrogens is 1. The molecule has 1 aromatic heterocycles. The van der Waals surface area contributed by atoms with Gasteiger partial charge in [-0.1, -0.05) is 42.5 Å². The van der Waals surface area contributed by atoms with E-state index < -0.39 is 6.04 Å². The van der Waals surface area contributed by atoms with Crippen molar-refractivity contribution >= 4 is 23.3 Å². The third-order valence-corrected chi connectivity index (χ3v) is 4.80. The highest BCUT2D eigenvalue weighted by Crippen LogP contribution is 2.41. The fourth-order valence-corrected chi connectivity index (χ4v) is 3.38. The molecule has 146 valence electrons. The Kier molecular flexibility index (Phi) is 4.55. The Morgan fingerprint density at radius 2 is 1.80 bits per heavy atom. The number of anilines is 3. The van der Waals surface area contributed by atoms with Gasteiger partial charge >= 0.3 is 0 Å². The Hall–Kier alpha value is -4.76. The Balaban J connectivity index is 1.83. The number of benzene rings is 2. The molecule has 0 radical (unpaired) electrons. The predicted octanol–water partition coefficient (Wildman–Crippen LogP) is 2.43. The number of guanidine groups is 1. The second kappa shape index (κ2) is 7.34. The van der Waals surface area contributed by atoms with Crippen molar-refractivity contribution in [2.24, 2.45) is 4.99 Å². The second-order valence-corrected chi connectivity index (χ2v) is 6.54. The molecule has 3 aromatic rings. The molecule has 2 heterocycles. The highest BCUT2D eigenvalue weighted by molar-refractivity contribution is 5.98. The van der Waals surface area contributed by atoms with E-state index >= 15 is 0 Å². The summed E-state index contributed by atoms with van der Waals surface area (Å²) in [7, 11) is 0. The normalized spacial score (nSPS) is 14.5. The number of phenols is 1. The van der Waals surface area contributed by atoms with Gasteiger partial charge in [-0.05, 0) is 17.2 Å². The van der Waals surface area contributed by atoms with Crippen LogP contribution in [-0.4, -0.2) is 16.1 Å². The quantitative estimate of drug-likeness (QED) is 0.325. The molecule has 2 aromatic carbocycles. The molecule has 1 unspecified atom stereocenters. The largest absolute Gasteiger partial charge is 0.507 e. The summed E-state index contributed by atoms with van der Waals surface area (Å²) in [4.78, 5) is 8.75. The fraction of sp³-hybridized carbons (Fsp3) is 0.0476. The number of nitrogens with two attached hydrogens (primary N) is 2. The van der Waals surface area contributed by atoms with Crippen LogP contribution in [0.3, 0.4) is 0 Å². The predicted molar refractivity (Wildman–Crippen MR) is 113 cm³/mol. The van der Waals surface area contributed by atoms with E-state index in [2.05, 4.69) is 20.6 Å². The van der Waals surface area contributed by atoms with Crippen molar-refractivity contribution in [3.63, 3.8) is 0 Å². The molecular weight excluding hydrogens is 380 g/mol. The average Bonchev–Trinajstić information content (AvgIpc) is 2.74. The van der Waals surface area contributed by atoms with Gasteiger partial charge < -0.3 is 21.9 Å². The van der Waals surface area contributed by atoms with Crippen LogP contribution in [0.1, 0.15) is 22.7 Å². The first kappa shape index (κ1) is 18.6. The van der Waals surface area contributed by atoms with Crippen molar-refractivity contribution in [1.82, 2.24) is 10.3 Å². The molecule has 4 rings (SSSR count). The van der Waals surface area contributed by atoms with Crippen LogP contribution >= 0.6 is 0 Å². The Labute approximate surface area is 171 Å². The van der Waals surface area contributed by atoms with Crippen molar-refractivity contribution in [3.05, 3.63) is 65.2 Å². The number of nitriles is 2. The van der Waals surface area contributed by atoms with E-state index in [1.54, 1.807) is 12.1 Å². The maximum Gasteiger partial charge on any atom is 0.211 e. The Bertz CT molecular complexity index is 1250. The van der Waals surface area contributed by atoms with Gasteiger partial charge in [-0.3, -0.25) is 5.32 Å². The van der Waals surface area contributed by atoms with Gasteiger partial charge in [0.05, 0.1) is 5.69 Å². The van der Waals surface area contributed by atoms with Crippen LogP contribution in [0, 0.1) is 22.8 Å². The minimum Gasteiger partial charge on any atom is -0.507 e. The molecule has 30 heavy (non-hydrogen) atoms. The molecule has 1 aliphatic rings. The monoisotopic (exact) mass is 396 g/mol. The number of phenolic OH excluding ortho intramolecular Hbond substituents is 1. The standard InChI is InChI=1S/C21H16N8O/c22-9-14-17(24)16-18(27-21(26-10-23)29-20(16)28-19(14)25)12-7-5-11(6-8-12)13-3-1-2-4-15(13)30/h1-8,18,30H,(H6,24,25,26,27,28,29). The summed E-state index contributed by atoms with van der Waals surface area (Å²) >= 11 is 0. The van der Waals surface area contributed by atoms with Gasteiger partial charge in [0.15, 0.2) is 6.19 Å². The lowest BCUT2D eigenvalue weighted by Crippen LogP contribution is -2.32. The van der Waals surface area contributed by atoms with E-state index in [4.69, 9.17) is 16.7 Å². The van der Waals surface area contributed by atoms with Crippen molar-refractivity contribution in [2.75, 3.05) is 16.8 Å². The van der Waals surface area contributed by atoms with Gasteiger partial charge in [0.2, 0.25) is 5.96 Å². The molecule has 0 saturated carbocycles. The molecule has 7 N–H and O–H groups in total. The fourth-order valence-electron chi connectivity index (χ4n) is 3.38. The Morgan fingerprint density at radius 3 is 2.47 bits per heavy atom. The lowest BCUT2D eigenvalue weighted by atomic mass is 9.93. The molecule has 0 amide bonds. The first-order valence-electron chi connectivity index (χ1n) is 8.90. The zero-order valence-electron chi connectivity index (χ0n) is 15.6. The summed E-state index contributed by atoms with van der Waals surface area (Å²) in [6, 6.07) is 15.8. The van der Waals surface area contributed by atoms with Crippen molar-refractivity contribution in [1.29, 1.82) is 10.5 Å². The number of hydrogen-bond donors (Lipinski definition) is 5. The Morgan fingerprint density at radius 1 is 1.07 bits per heavy atom. The van der Waals surface area contributed by atoms with Gasteiger partial charge in [0.1, 0.15) is 35.1 Å². The number of para-hydroxylation sites is 1. The lowest BCUT2D eigenvalue weighted by Gasteiger charge is -2.26. The number of aliphatic imine (C=N–C) groups is 1. The highest BCUT2D eigenvalue weighted by atomic mass is 16.3. The van der Waals surface area contributed by atoms with Crippen LogP contribution in [0.5, 0.6) is 5.75 Å². The SMILES string of the molecule is N#CNC1=NC(c2ccc(-c3ccccc3O)cc2)c2c(nc(N)c(C#N)c2N)N1. The molecule has 0 spiro atoms. The average molecular weight is 396 g/mol. The highest BCUT2D eigenvalue weighted by Gasteiger charge is 2.29. The van der Waals surface area contributed by atoms with E-state index in [1.165, 1.54) is 0 Å². The maximum absolute atomic E-state index is 10.1. The third kappa shape index (κ3) is 3.07. The summed E-state index contributed by atoms with van der Waals surface area (Å²) in [5.74, 6) is 0.689. The zero-order valence-corrected chi connectivity index (χ0v) is 15.6.